The van der Waals surface area contributed by atoms with Crippen molar-refractivity contribution >= 4 is 5.91 Å². The minimum absolute atomic E-state index is 0.0576. The number of aliphatic hydroxyl groups is 1. The predicted molar refractivity (Wildman–Crippen MR) is 66.4 cm³/mol. The lowest BCUT2D eigenvalue weighted by molar-refractivity contribution is -0.0958. The molecule has 2 fully saturated rings. The summed E-state index contributed by atoms with van der Waals surface area (Å²) in [5.41, 5.74) is 0.730. The lowest BCUT2D eigenvalue weighted by Gasteiger charge is -2.47. The van der Waals surface area contributed by atoms with Crippen LogP contribution in [0.5, 0.6) is 5.75 Å². The van der Waals surface area contributed by atoms with Gasteiger partial charge in [-0.3, -0.25) is 4.79 Å². The van der Waals surface area contributed by atoms with Crippen LogP contribution >= 0.6 is 0 Å². The number of rotatable bonds is 2. The highest BCUT2D eigenvalue weighted by Gasteiger charge is 2.53. The maximum atomic E-state index is 12.2. The van der Waals surface area contributed by atoms with Crippen molar-refractivity contribution in [3.8, 4) is 5.75 Å². The zero-order chi connectivity index (χ0) is 12.9. The second-order valence-corrected chi connectivity index (χ2v) is 5.54. The van der Waals surface area contributed by atoms with Crippen molar-refractivity contribution in [2.75, 3.05) is 13.1 Å². The molecule has 0 spiro atoms. The first-order chi connectivity index (χ1) is 8.49. The van der Waals surface area contributed by atoms with Gasteiger partial charge < -0.3 is 15.1 Å². The molecule has 4 heteroatoms. The summed E-state index contributed by atoms with van der Waals surface area (Å²) < 4.78 is 0. The highest BCUT2D eigenvalue weighted by atomic mass is 16.3. The molecule has 1 amide bonds. The van der Waals surface area contributed by atoms with Crippen LogP contribution in [0, 0.1) is 12.8 Å². The van der Waals surface area contributed by atoms with Gasteiger partial charge in [-0.05, 0) is 49.4 Å². The molecule has 0 aromatic heterocycles. The Morgan fingerprint density at radius 2 is 2.06 bits per heavy atom. The van der Waals surface area contributed by atoms with Gasteiger partial charge in [-0.25, -0.2) is 0 Å². The quantitative estimate of drug-likeness (QED) is 0.828. The van der Waals surface area contributed by atoms with Gasteiger partial charge in [0.2, 0.25) is 0 Å². The van der Waals surface area contributed by atoms with Gasteiger partial charge in [0, 0.05) is 5.56 Å². The van der Waals surface area contributed by atoms with Gasteiger partial charge in [-0.15, -0.1) is 0 Å². The van der Waals surface area contributed by atoms with E-state index in [1.165, 1.54) is 6.07 Å². The zero-order valence-electron chi connectivity index (χ0n) is 10.4. The summed E-state index contributed by atoms with van der Waals surface area (Å²) in [6, 6.07) is 4.74. The molecular weight excluding hydrogens is 230 g/mol. The van der Waals surface area contributed by atoms with Crippen LogP contribution in [0.15, 0.2) is 18.2 Å². The molecule has 1 aliphatic heterocycles. The van der Waals surface area contributed by atoms with Crippen LogP contribution in [0.2, 0.25) is 0 Å². The number of aryl methyl sites for hydroxylation is 1. The third kappa shape index (κ3) is 1.77. The molecule has 4 nitrogen and oxygen atoms in total. The smallest absolute Gasteiger partial charge is 0.254 e. The van der Waals surface area contributed by atoms with E-state index < -0.39 is 5.60 Å². The number of benzene rings is 1. The normalized spacial score (nSPS) is 21.6. The summed E-state index contributed by atoms with van der Waals surface area (Å²) in [6.45, 7) is 2.69. The summed E-state index contributed by atoms with van der Waals surface area (Å²) in [4.78, 5) is 13.9. The molecule has 0 radical (unpaired) electrons. The van der Waals surface area contributed by atoms with Crippen LogP contribution in [0.3, 0.4) is 0 Å². The van der Waals surface area contributed by atoms with E-state index in [2.05, 4.69) is 0 Å². The first kappa shape index (κ1) is 11.5. The summed E-state index contributed by atoms with van der Waals surface area (Å²) in [5, 5.41) is 19.5. The molecule has 1 aromatic carbocycles. The minimum Gasteiger partial charge on any atom is -0.508 e. The molecule has 1 heterocycles. The van der Waals surface area contributed by atoms with E-state index in [1.807, 2.05) is 0 Å². The predicted octanol–water partition coefficient (Wildman–Crippen LogP) is 1.30. The molecule has 1 saturated heterocycles. The number of nitrogens with zero attached hydrogens (tertiary/aromatic N) is 1. The number of phenols is 1. The summed E-state index contributed by atoms with van der Waals surface area (Å²) in [7, 11) is 0. The first-order valence-corrected chi connectivity index (χ1v) is 6.31. The Labute approximate surface area is 106 Å². The maximum Gasteiger partial charge on any atom is 0.254 e. The lowest BCUT2D eigenvalue weighted by atomic mass is 9.88. The topological polar surface area (TPSA) is 60.8 Å². The molecule has 3 rings (SSSR count). The molecule has 1 aromatic rings. The molecule has 18 heavy (non-hydrogen) atoms. The molecule has 1 saturated carbocycles. The van der Waals surface area contributed by atoms with Gasteiger partial charge >= 0.3 is 0 Å². The molecule has 2 aliphatic rings. The van der Waals surface area contributed by atoms with Crippen molar-refractivity contribution in [1.29, 1.82) is 0 Å². The van der Waals surface area contributed by atoms with Crippen LogP contribution in [-0.2, 0) is 0 Å². The summed E-state index contributed by atoms with van der Waals surface area (Å²) >= 11 is 0. The second-order valence-electron chi connectivity index (χ2n) is 5.54. The van der Waals surface area contributed by atoms with E-state index in [4.69, 9.17) is 0 Å². The summed E-state index contributed by atoms with van der Waals surface area (Å²) in [5.74, 6) is 0.502. The fourth-order valence-electron chi connectivity index (χ4n) is 2.70. The molecule has 0 bridgehead atoms. The molecule has 0 atom stereocenters. The monoisotopic (exact) mass is 247 g/mol. The van der Waals surface area contributed by atoms with Crippen LogP contribution < -0.4 is 0 Å². The second kappa shape index (κ2) is 3.72. The van der Waals surface area contributed by atoms with Gasteiger partial charge in [0.05, 0.1) is 13.1 Å². The SMILES string of the molecule is Cc1cc(O)ccc1C(=O)N1CC(O)(C2CC2)C1. The van der Waals surface area contributed by atoms with Gasteiger partial charge in [0.15, 0.2) is 0 Å². The molecule has 1 aliphatic carbocycles. The largest absolute Gasteiger partial charge is 0.508 e. The number of hydrogen-bond acceptors (Lipinski definition) is 3. The number of aromatic hydroxyl groups is 1. The Kier molecular flexibility index (Phi) is 2.38. The Hall–Kier alpha value is -1.55. The Bertz CT molecular complexity index is 502. The number of hydrogen-bond donors (Lipinski definition) is 2. The van der Waals surface area contributed by atoms with E-state index >= 15 is 0 Å². The number of carbonyl (C=O) groups is 1. The third-order valence-corrected chi connectivity index (χ3v) is 3.99. The maximum absolute atomic E-state index is 12.2. The fourth-order valence-corrected chi connectivity index (χ4v) is 2.70. The van der Waals surface area contributed by atoms with Crippen LogP contribution in [-0.4, -0.2) is 39.7 Å². The van der Waals surface area contributed by atoms with Crippen molar-refractivity contribution in [2.24, 2.45) is 5.92 Å². The van der Waals surface area contributed by atoms with Gasteiger partial charge in [0.25, 0.3) is 5.91 Å². The highest BCUT2D eigenvalue weighted by Crippen LogP contribution is 2.44. The van der Waals surface area contributed by atoms with E-state index in [1.54, 1.807) is 24.0 Å². The molecular formula is C14H17NO3. The van der Waals surface area contributed by atoms with Crippen molar-refractivity contribution in [3.05, 3.63) is 29.3 Å². The number of likely N-dealkylation sites (tertiary alicyclic amines) is 1. The van der Waals surface area contributed by atoms with Gasteiger partial charge in [-0.1, -0.05) is 0 Å². The minimum atomic E-state index is -0.638. The van der Waals surface area contributed by atoms with Gasteiger partial charge in [0.1, 0.15) is 11.4 Å². The standard InChI is InChI=1S/C14H17NO3/c1-9-6-11(16)4-5-12(9)13(17)15-7-14(18,8-15)10-2-3-10/h4-6,10,16,18H,2-3,7-8H2,1H3. The number of phenolic OH excluding ortho intramolecular Hbond substituents is 1. The van der Waals surface area contributed by atoms with Crippen molar-refractivity contribution in [2.45, 2.75) is 25.4 Å². The van der Waals surface area contributed by atoms with E-state index in [0.717, 1.165) is 18.4 Å². The molecule has 0 unspecified atom stereocenters. The van der Waals surface area contributed by atoms with E-state index in [-0.39, 0.29) is 11.7 Å². The van der Waals surface area contributed by atoms with Crippen molar-refractivity contribution in [1.82, 2.24) is 4.90 Å². The van der Waals surface area contributed by atoms with Crippen molar-refractivity contribution < 1.29 is 15.0 Å². The first-order valence-electron chi connectivity index (χ1n) is 6.31. The van der Waals surface area contributed by atoms with Crippen LogP contribution in [0.4, 0.5) is 0 Å². The zero-order valence-corrected chi connectivity index (χ0v) is 10.4. The third-order valence-electron chi connectivity index (χ3n) is 3.99. The number of amides is 1. The number of carbonyl (C=O) groups excluding carboxylic acids is 1. The van der Waals surface area contributed by atoms with E-state index in [9.17, 15) is 15.0 Å². The average molecular weight is 247 g/mol. The van der Waals surface area contributed by atoms with Gasteiger partial charge in [-0.2, -0.15) is 0 Å². The van der Waals surface area contributed by atoms with Crippen LogP contribution in [0.25, 0.3) is 0 Å². The molecule has 2 N–H and O–H groups in total. The summed E-state index contributed by atoms with van der Waals surface area (Å²) in [6.07, 6.45) is 2.16. The average Bonchev–Trinajstić information content (AvgIpc) is 3.08. The van der Waals surface area contributed by atoms with E-state index in [0.29, 0.717) is 24.6 Å². The van der Waals surface area contributed by atoms with Crippen LogP contribution in [0.1, 0.15) is 28.8 Å². The highest BCUT2D eigenvalue weighted by molar-refractivity contribution is 5.96. The Balaban J connectivity index is 1.72. The Morgan fingerprint density at radius 1 is 1.39 bits per heavy atom. The lowest BCUT2D eigenvalue weighted by Crippen LogP contribution is -2.64. The Morgan fingerprint density at radius 3 is 2.61 bits per heavy atom. The molecule has 96 valence electrons. The fraction of sp³-hybridized carbons (Fsp3) is 0.500. The number of β-amino-alcohol motifs (C(OH)–C–C–N with tert-alkyl or cyclic N) is 1. The van der Waals surface area contributed by atoms with Crippen molar-refractivity contribution in [3.63, 3.8) is 0 Å².